The van der Waals surface area contributed by atoms with Gasteiger partial charge in [0.2, 0.25) is 5.91 Å². The van der Waals surface area contributed by atoms with E-state index in [1.807, 2.05) is 55.5 Å². The van der Waals surface area contributed by atoms with Crippen LogP contribution in [0.25, 0.3) is 0 Å². The first kappa shape index (κ1) is 22.7. The average Bonchev–Trinajstić information content (AvgIpc) is 2.69. The molecule has 2 amide bonds. The third kappa shape index (κ3) is 7.09. The number of benzene rings is 2. The molecule has 2 aromatic carbocycles. The van der Waals surface area contributed by atoms with E-state index in [9.17, 15) is 9.59 Å². The summed E-state index contributed by atoms with van der Waals surface area (Å²) in [5.41, 5.74) is 0.937. The topological polar surface area (TPSA) is 58.6 Å². The van der Waals surface area contributed by atoms with Crippen LogP contribution in [-0.4, -0.2) is 35.9 Å². The van der Waals surface area contributed by atoms with Gasteiger partial charge in [0.25, 0.3) is 5.91 Å². The number of hydrogen-bond acceptors (Lipinski definition) is 3. The first-order chi connectivity index (χ1) is 13.4. The van der Waals surface area contributed by atoms with Crippen LogP contribution in [0.1, 0.15) is 25.8 Å². The number of carbonyl (C=O) groups excluding carboxylic acids is 2. The van der Waals surface area contributed by atoms with E-state index in [1.165, 1.54) is 0 Å². The summed E-state index contributed by atoms with van der Waals surface area (Å²) in [6, 6.07) is 14.6. The minimum Gasteiger partial charge on any atom is -0.484 e. The van der Waals surface area contributed by atoms with Crippen LogP contribution in [0.15, 0.2) is 53.0 Å². The van der Waals surface area contributed by atoms with E-state index in [0.717, 1.165) is 20.0 Å². The lowest BCUT2D eigenvalue weighted by Crippen LogP contribution is -2.49. The van der Waals surface area contributed by atoms with E-state index >= 15 is 0 Å². The number of ether oxygens (including phenoxy) is 1. The lowest BCUT2D eigenvalue weighted by molar-refractivity contribution is -0.142. The molecule has 7 heteroatoms. The molecule has 0 aromatic heterocycles. The number of halogens is 2. The van der Waals surface area contributed by atoms with Crippen molar-refractivity contribution < 1.29 is 14.3 Å². The average molecular weight is 559 g/mol. The summed E-state index contributed by atoms with van der Waals surface area (Å²) >= 11 is 5.66. The molecule has 28 heavy (non-hydrogen) atoms. The second-order valence-electron chi connectivity index (χ2n) is 6.36. The molecule has 2 aromatic rings. The van der Waals surface area contributed by atoms with Crippen LogP contribution >= 0.6 is 38.5 Å². The maximum Gasteiger partial charge on any atom is 0.261 e. The molecule has 0 unspecified atom stereocenters. The van der Waals surface area contributed by atoms with Crippen LogP contribution < -0.4 is 10.1 Å². The molecule has 0 bridgehead atoms. The molecule has 0 saturated heterocycles. The van der Waals surface area contributed by atoms with Crippen molar-refractivity contribution in [2.24, 2.45) is 0 Å². The lowest BCUT2D eigenvalue weighted by Gasteiger charge is -2.28. The van der Waals surface area contributed by atoms with Gasteiger partial charge in [-0.3, -0.25) is 9.59 Å². The Morgan fingerprint density at radius 1 is 1.21 bits per heavy atom. The normalized spacial score (nSPS) is 11.6. The Bertz CT molecular complexity index is 798. The van der Waals surface area contributed by atoms with Gasteiger partial charge in [-0.1, -0.05) is 35.0 Å². The van der Waals surface area contributed by atoms with Crippen LogP contribution in [0.4, 0.5) is 0 Å². The first-order valence-electron chi connectivity index (χ1n) is 9.10. The van der Waals surface area contributed by atoms with E-state index in [0.29, 0.717) is 18.8 Å². The van der Waals surface area contributed by atoms with Crippen molar-refractivity contribution in [1.82, 2.24) is 10.2 Å². The standard InChI is InChI=1S/C21H24BrIN2O3/c1-3-11-24-21(27)15(2)25(13-16-5-4-6-17(22)12-16)20(26)14-28-19-9-7-18(23)8-10-19/h4-10,12,15H,3,11,13-14H2,1-2H3,(H,24,27)/t15-/m0/s1. The number of nitrogens with zero attached hydrogens (tertiary/aromatic N) is 1. The van der Waals surface area contributed by atoms with Gasteiger partial charge in [0.15, 0.2) is 6.61 Å². The highest BCUT2D eigenvalue weighted by molar-refractivity contribution is 14.1. The van der Waals surface area contributed by atoms with Crippen molar-refractivity contribution >= 4 is 50.3 Å². The second-order valence-corrected chi connectivity index (χ2v) is 8.52. The zero-order valence-electron chi connectivity index (χ0n) is 16.0. The van der Waals surface area contributed by atoms with Crippen molar-refractivity contribution in [2.45, 2.75) is 32.9 Å². The fourth-order valence-electron chi connectivity index (χ4n) is 2.57. The predicted molar refractivity (Wildman–Crippen MR) is 122 cm³/mol. The number of hydrogen-bond donors (Lipinski definition) is 1. The Morgan fingerprint density at radius 3 is 2.57 bits per heavy atom. The molecular formula is C21H24BrIN2O3. The van der Waals surface area contributed by atoms with E-state index in [-0.39, 0.29) is 18.4 Å². The van der Waals surface area contributed by atoms with E-state index in [4.69, 9.17) is 4.74 Å². The van der Waals surface area contributed by atoms with Gasteiger partial charge < -0.3 is 15.0 Å². The maximum atomic E-state index is 12.9. The molecule has 1 N–H and O–H groups in total. The minimum absolute atomic E-state index is 0.125. The summed E-state index contributed by atoms with van der Waals surface area (Å²) in [6.45, 7) is 4.52. The van der Waals surface area contributed by atoms with Gasteiger partial charge in [0.05, 0.1) is 0 Å². The van der Waals surface area contributed by atoms with Gasteiger partial charge in [-0.15, -0.1) is 0 Å². The van der Waals surface area contributed by atoms with Gasteiger partial charge in [0.1, 0.15) is 11.8 Å². The Kier molecular flexibility index (Phi) is 9.24. The Balaban J connectivity index is 2.12. The summed E-state index contributed by atoms with van der Waals surface area (Å²) in [6.07, 6.45) is 0.841. The fraction of sp³-hybridized carbons (Fsp3) is 0.333. The minimum atomic E-state index is -0.599. The fourth-order valence-corrected chi connectivity index (χ4v) is 3.38. The molecule has 0 fully saturated rings. The van der Waals surface area contributed by atoms with Crippen LogP contribution in [0, 0.1) is 3.57 Å². The van der Waals surface area contributed by atoms with Crippen molar-refractivity contribution in [3.8, 4) is 5.75 Å². The van der Waals surface area contributed by atoms with Gasteiger partial charge >= 0.3 is 0 Å². The Labute approximate surface area is 188 Å². The third-order valence-electron chi connectivity index (χ3n) is 4.13. The van der Waals surface area contributed by atoms with Crippen molar-refractivity contribution in [3.05, 3.63) is 62.1 Å². The van der Waals surface area contributed by atoms with Crippen molar-refractivity contribution in [2.75, 3.05) is 13.2 Å². The smallest absolute Gasteiger partial charge is 0.261 e. The van der Waals surface area contributed by atoms with Gasteiger partial charge in [-0.2, -0.15) is 0 Å². The Hall–Kier alpha value is -1.61. The van der Waals surface area contributed by atoms with Crippen LogP contribution in [0.2, 0.25) is 0 Å². The van der Waals surface area contributed by atoms with E-state index in [2.05, 4.69) is 43.8 Å². The second kappa shape index (κ2) is 11.4. The molecule has 0 aliphatic rings. The maximum absolute atomic E-state index is 12.9. The first-order valence-corrected chi connectivity index (χ1v) is 11.0. The molecule has 0 heterocycles. The lowest BCUT2D eigenvalue weighted by atomic mass is 10.1. The largest absolute Gasteiger partial charge is 0.484 e. The number of nitrogens with one attached hydrogen (secondary N) is 1. The number of rotatable bonds is 9. The summed E-state index contributed by atoms with van der Waals surface area (Å²) in [5, 5.41) is 2.86. The quantitative estimate of drug-likeness (QED) is 0.465. The highest BCUT2D eigenvalue weighted by Crippen LogP contribution is 2.17. The molecule has 0 aliphatic carbocycles. The molecule has 1 atom stereocenters. The summed E-state index contributed by atoms with van der Waals surface area (Å²) < 4.78 is 7.66. The Morgan fingerprint density at radius 2 is 1.93 bits per heavy atom. The predicted octanol–water partition coefficient (Wildman–Crippen LogP) is 4.38. The number of carbonyl (C=O) groups is 2. The molecule has 150 valence electrons. The molecule has 0 aliphatic heterocycles. The monoisotopic (exact) mass is 558 g/mol. The van der Waals surface area contributed by atoms with Gasteiger partial charge in [-0.25, -0.2) is 0 Å². The van der Waals surface area contributed by atoms with Crippen molar-refractivity contribution in [1.29, 1.82) is 0 Å². The summed E-state index contributed by atoms with van der Waals surface area (Å²) in [7, 11) is 0. The zero-order chi connectivity index (χ0) is 20.5. The number of amides is 2. The highest BCUT2D eigenvalue weighted by atomic mass is 127. The molecule has 2 rings (SSSR count). The van der Waals surface area contributed by atoms with Gasteiger partial charge in [-0.05, 0) is 77.9 Å². The molecule has 0 spiro atoms. The third-order valence-corrected chi connectivity index (χ3v) is 5.35. The molecular weight excluding hydrogens is 535 g/mol. The van der Waals surface area contributed by atoms with E-state index < -0.39 is 6.04 Å². The summed E-state index contributed by atoms with van der Waals surface area (Å²) in [4.78, 5) is 26.9. The molecule has 0 radical (unpaired) electrons. The van der Waals surface area contributed by atoms with Crippen molar-refractivity contribution in [3.63, 3.8) is 0 Å². The van der Waals surface area contributed by atoms with Crippen LogP contribution in [-0.2, 0) is 16.1 Å². The van der Waals surface area contributed by atoms with Crippen LogP contribution in [0.5, 0.6) is 5.75 Å². The molecule has 5 nitrogen and oxygen atoms in total. The highest BCUT2D eigenvalue weighted by Gasteiger charge is 2.26. The van der Waals surface area contributed by atoms with Gasteiger partial charge in [0, 0.05) is 21.1 Å². The molecule has 0 saturated carbocycles. The zero-order valence-corrected chi connectivity index (χ0v) is 19.7. The van der Waals surface area contributed by atoms with E-state index in [1.54, 1.807) is 11.8 Å². The SMILES string of the molecule is CCCNC(=O)[C@H](C)N(Cc1cccc(Br)c1)C(=O)COc1ccc(I)cc1. The summed E-state index contributed by atoms with van der Waals surface area (Å²) in [5.74, 6) is 0.219. The van der Waals surface area contributed by atoms with Crippen LogP contribution in [0.3, 0.4) is 0 Å².